The second kappa shape index (κ2) is 5.08. The van der Waals surface area contributed by atoms with E-state index in [-0.39, 0.29) is 0 Å². The summed E-state index contributed by atoms with van der Waals surface area (Å²) in [7, 11) is 2.14. The molecule has 0 bridgehead atoms. The number of hydrogen-bond donors (Lipinski definition) is 0. The Morgan fingerprint density at radius 1 is 1.41 bits per heavy atom. The summed E-state index contributed by atoms with van der Waals surface area (Å²) in [6, 6.07) is 1.23. The van der Waals surface area contributed by atoms with Gasteiger partial charge in [0.25, 0.3) is 6.01 Å². The molecule has 96 valence electrons. The summed E-state index contributed by atoms with van der Waals surface area (Å²) in [4.78, 5) is 6.97. The van der Waals surface area contributed by atoms with Crippen LogP contribution in [-0.4, -0.2) is 34.7 Å². The number of nitrogens with zero attached hydrogens (tertiary/aromatic N) is 3. The third-order valence-electron chi connectivity index (χ3n) is 3.16. The Bertz CT molecular complexity index is 384. The van der Waals surface area contributed by atoms with E-state index >= 15 is 0 Å². The van der Waals surface area contributed by atoms with Gasteiger partial charge in [0.2, 0.25) is 0 Å². The van der Waals surface area contributed by atoms with E-state index in [2.05, 4.69) is 42.3 Å². The van der Waals surface area contributed by atoms with Crippen molar-refractivity contribution in [2.24, 2.45) is 0 Å². The van der Waals surface area contributed by atoms with Gasteiger partial charge in [-0.15, -0.1) is 0 Å². The molecule has 2 heterocycles. The molecule has 0 spiro atoms. The predicted octanol–water partition coefficient (Wildman–Crippen LogP) is 2.24. The molecule has 0 aromatic carbocycles. The highest BCUT2D eigenvalue weighted by molar-refractivity contribution is 5.24. The quantitative estimate of drug-likeness (QED) is 0.804. The van der Waals surface area contributed by atoms with Crippen LogP contribution in [0.4, 0.5) is 0 Å². The molecule has 0 saturated heterocycles. The van der Waals surface area contributed by atoms with Gasteiger partial charge in [0.15, 0.2) is 0 Å². The van der Waals surface area contributed by atoms with E-state index in [0.29, 0.717) is 6.04 Å². The first-order chi connectivity index (χ1) is 8.13. The lowest BCUT2D eigenvalue weighted by molar-refractivity contribution is 0.270. The summed E-state index contributed by atoms with van der Waals surface area (Å²) in [5.41, 5.74) is 2.56. The molecular formula is C13H23N3O. The summed E-state index contributed by atoms with van der Waals surface area (Å²) in [6.07, 6.45) is 2.10. The highest BCUT2D eigenvalue weighted by atomic mass is 16.5. The first kappa shape index (κ1) is 12.4. The predicted molar refractivity (Wildman–Crippen MR) is 68.4 cm³/mol. The van der Waals surface area contributed by atoms with Crippen LogP contribution in [0.5, 0.6) is 6.01 Å². The molecular weight excluding hydrogens is 214 g/mol. The highest BCUT2D eigenvalue weighted by Crippen LogP contribution is 2.27. The Balaban J connectivity index is 2.32. The molecule has 17 heavy (non-hydrogen) atoms. The highest BCUT2D eigenvalue weighted by Gasteiger charge is 2.24. The smallest absolute Gasteiger partial charge is 0.297 e. The largest absolute Gasteiger partial charge is 0.465 e. The van der Waals surface area contributed by atoms with Crippen molar-refractivity contribution in [3.8, 4) is 6.01 Å². The summed E-state index contributed by atoms with van der Waals surface area (Å²) < 4.78 is 8.03. The minimum atomic E-state index is 0.418. The Morgan fingerprint density at radius 2 is 2.18 bits per heavy atom. The second-order valence-corrected chi connectivity index (χ2v) is 5.09. The van der Waals surface area contributed by atoms with E-state index in [0.717, 1.165) is 38.5 Å². The van der Waals surface area contributed by atoms with Crippen LogP contribution in [0.2, 0.25) is 0 Å². The number of fused-ring (bicyclic) bond motifs is 1. The number of likely N-dealkylation sites (N-methyl/N-ethyl adjacent to an activating group) is 1. The van der Waals surface area contributed by atoms with Gasteiger partial charge in [-0.3, -0.25) is 4.57 Å². The van der Waals surface area contributed by atoms with Gasteiger partial charge in [-0.1, -0.05) is 6.92 Å². The maximum Gasteiger partial charge on any atom is 0.297 e. The van der Waals surface area contributed by atoms with Gasteiger partial charge in [0, 0.05) is 31.2 Å². The first-order valence-corrected chi connectivity index (χ1v) is 6.54. The zero-order valence-electron chi connectivity index (χ0n) is 11.4. The molecule has 4 nitrogen and oxygen atoms in total. The van der Waals surface area contributed by atoms with Gasteiger partial charge < -0.3 is 9.64 Å². The van der Waals surface area contributed by atoms with Crippen LogP contribution in [0.3, 0.4) is 0 Å². The van der Waals surface area contributed by atoms with E-state index in [1.54, 1.807) is 0 Å². The molecule has 2 rings (SSSR count). The summed E-state index contributed by atoms with van der Waals surface area (Å²) in [6.45, 7) is 9.31. The summed E-state index contributed by atoms with van der Waals surface area (Å²) in [5.74, 6) is 0. The molecule has 4 heteroatoms. The standard InChI is InChI=1S/C13H23N3O/c1-5-8-17-13-14-11-9-15(4)7-6-12(11)16(13)10(2)3/h10H,5-9H2,1-4H3. The fraction of sp³-hybridized carbons (Fsp3) is 0.769. The topological polar surface area (TPSA) is 30.3 Å². The van der Waals surface area contributed by atoms with Gasteiger partial charge >= 0.3 is 0 Å². The number of rotatable bonds is 4. The molecule has 1 aromatic heterocycles. The maximum atomic E-state index is 5.77. The molecule has 0 unspecified atom stereocenters. The van der Waals surface area contributed by atoms with Gasteiger partial charge in [-0.25, -0.2) is 0 Å². The molecule has 0 saturated carbocycles. The lowest BCUT2D eigenvalue weighted by Crippen LogP contribution is -2.27. The van der Waals surface area contributed by atoms with Crippen molar-refractivity contribution in [1.82, 2.24) is 14.5 Å². The Hall–Kier alpha value is -1.03. The zero-order valence-corrected chi connectivity index (χ0v) is 11.4. The fourth-order valence-electron chi connectivity index (χ4n) is 2.34. The minimum absolute atomic E-state index is 0.418. The molecule has 0 fully saturated rings. The fourth-order valence-corrected chi connectivity index (χ4v) is 2.34. The van der Waals surface area contributed by atoms with E-state index in [1.807, 2.05) is 0 Å². The Labute approximate surface area is 104 Å². The molecule has 1 aromatic rings. The van der Waals surface area contributed by atoms with Crippen LogP contribution >= 0.6 is 0 Å². The van der Waals surface area contributed by atoms with Crippen molar-refractivity contribution in [3.63, 3.8) is 0 Å². The van der Waals surface area contributed by atoms with E-state index < -0.39 is 0 Å². The van der Waals surface area contributed by atoms with Crippen LogP contribution in [0.1, 0.15) is 44.6 Å². The molecule has 1 aliphatic rings. The molecule has 0 radical (unpaired) electrons. The van der Waals surface area contributed by atoms with Crippen LogP contribution in [0.25, 0.3) is 0 Å². The molecule has 1 aliphatic heterocycles. The van der Waals surface area contributed by atoms with Crippen LogP contribution in [-0.2, 0) is 13.0 Å². The van der Waals surface area contributed by atoms with Crippen molar-refractivity contribution < 1.29 is 4.74 Å². The van der Waals surface area contributed by atoms with Crippen LogP contribution in [0, 0.1) is 0 Å². The lowest BCUT2D eigenvalue weighted by atomic mass is 10.1. The average Bonchev–Trinajstić information content (AvgIpc) is 2.63. The number of imidazole rings is 1. The second-order valence-electron chi connectivity index (χ2n) is 5.09. The summed E-state index contributed by atoms with van der Waals surface area (Å²) in [5, 5.41) is 0. The summed E-state index contributed by atoms with van der Waals surface area (Å²) >= 11 is 0. The number of hydrogen-bond acceptors (Lipinski definition) is 3. The van der Waals surface area contributed by atoms with Crippen LogP contribution in [0.15, 0.2) is 0 Å². The SMILES string of the molecule is CCCOc1nc2c(n1C(C)C)CCN(C)C2. The van der Waals surface area contributed by atoms with Crippen molar-refractivity contribution >= 4 is 0 Å². The van der Waals surface area contributed by atoms with E-state index in [9.17, 15) is 0 Å². The van der Waals surface area contributed by atoms with Gasteiger partial charge in [0.05, 0.1) is 12.3 Å². The van der Waals surface area contributed by atoms with E-state index in [4.69, 9.17) is 4.74 Å². The zero-order chi connectivity index (χ0) is 12.4. The third-order valence-corrected chi connectivity index (χ3v) is 3.16. The average molecular weight is 237 g/mol. The molecule has 0 aliphatic carbocycles. The number of aromatic nitrogens is 2. The first-order valence-electron chi connectivity index (χ1n) is 6.54. The van der Waals surface area contributed by atoms with Gasteiger partial charge in [-0.05, 0) is 27.3 Å². The molecule has 0 atom stereocenters. The van der Waals surface area contributed by atoms with Gasteiger partial charge in [0.1, 0.15) is 0 Å². The van der Waals surface area contributed by atoms with Crippen molar-refractivity contribution in [3.05, 3.63) is 11.4 Å². The van der Waals surface area contributed by atoms with Crippen molar-refractivity contribution in [1.29, 1.82) is 0 Å². The Morgan fingerprint density at radius 3 is 2.82 bits per heavy atom. The van der Waals surface area contributed by atoms with Gasteiger partial charge in [-0.2, -0.15) is 4.98 Å². The third kappa shape index (κ3) is 2.46. The van der Waals surface area contributed by atoms with Crippen molar-refractivity contribution in [2.75, 3.05) is 20.2 Å². The van der Waals surface area contributed by atoms with Crippen molar-refractivity contribution in [2.45, 2.75) is 46.2 Å². The lowest BCUT2D eigenvalue weighted by Gasteiger charge is -2.23. The monoisotopic (exact) mass is 237 g/mol. The normalized spacial score (nSPS) is 16.3. The Kier molecular flexibility index (Phi) is 3.72. The molecule has 0 N–H and O–H groups in total. The number of ether oxygens (including phenoxy) is 1. The van der Waals surface area contributed by atoms with Crippen LogP contribution < -0.4 is 4.74 Å². The maximum absolute atomic E-state index is 5.77. The molecule has 0 amide bonds. The van der Waals surface area contributed by atoms with E-state index in [1.165, 1.54) is 11.4 Å². The minimum Gasteiger partial charge on any atom is -0.465 e.